The average Bonchev–Trinajstić information content (AvgIpc) is 2.49. The summed E-state index contributed by atoms with van der Waals surface area (Å²) in [6.07, 6.45) is 1.61. The Bertz CT molecular complexity index is 740. The fourth-order valence-electron chi connectivity index (χ4n) is 2.06. The van der Waals surface area contributed by atoms with E-state index in [-0.39, 0.29) is 23.6 Å². The third kappa shape index (κ3) is 3.72. The van der Waals surface area contributed by atoms with Gasteiger partial charge >= 0.3 is 0 Å². The topological polar surface area (TPSA) is 60.3 Å². The molecule has 2 aromatic rings. The molecule has 116 valence electrons. The van der Waals surface area contributed by atoms with Crippen molar-refractivity contribution in [3.63, 3.8) is 0 Å². The molecule has 5 nitrogen and oxygen atoms in total. The van der Waals surface area contributed by atoms with E-state index < -0.39 is 5.82 Å². The lowest BCUT2D eigenvalue weighted by Crippen LogP contribution is -2.20. The average molecular weight is 304 g/mol. The van der Waals surface area contributed by atoms with Gasteiger partial charge in [-0.05, 0) is 30.7 Å². The van der Waals surface area contributed by atoms with Gasteiger partial charge in [0.25, 0.3) is 5.56 Å². The van der Waals surface area contributed by atoms with Crippen LogP contribution in [-0.2, 0) is 17.8 Å². The smallest absolute Gasteiger partial charge is 0.250 e. The molecule has 1 aromatic heterocycles. The molecule has 0 fully saturated rings. The van der Waals surface area contributed by atoms with Gasteiger partial charge in [-0.15, -0.1) is 0 Å². The standard InChI is InChI=1S/C16H17FN2O3/c1-3-19-10-12(5-7-16(19)21)18-15(20)9-11-4-6-14(22-2)13(17)8-11/h4-8,10H,3,9H2,1-2H3,(H,18,20). The first-order valence-corrected chi connectivity index (χ1v) is 6.86. The minimum absolute atomic E-state index is 0.0339. The third-order valence-electron chi connectivity index (χ3n) is 3.19. The van der Waals surface area contributed by atoms with Crippen molar-refractivity contribution in [2.24, 2.45) is 0 Å². The van der Waals surface area contributed by atoms with Crippen molar-refractivity contribution in [3.8, 4) is 5.75 Å². The predicted octanol–water partition coefficient (Wildman–Crippen LogP) is 2.20. The van der Waals surface area contributed by atoms with E-state index in [1.165, 1.54) is 29.9 Å². The molecule has 0 saturated heterocycles. The largest absolute Gasteiger partial charge is 0.494 e. The van der Waals surface area contributed by atoms with Gasteiger partial charge in [0.2, 0.25) is 5.91 Å². The number of rotatable bonds is 5. The molecule has 0 aliphatic heterocycles. The predicted molar refractivity (Wildman–Crippen MR) is 81.7 cm³/mol. The van der Waals surface area contributed by atoms with Crippen LogP contribution in [0.2, 0.25) is 0 Å². The number of pyridine rings is 1. The van der Waals surface area contributed by atoms with Crippen LogP contribution in [0, 0.1) is 5.82 Å². The lowest BCUT2D eigenvalue weighted by Gasteiger charge is -2.08. The zero-order valence-corrected chi connectivity index (χ0v) is 12.4. The Hall–Kier alpha value is -2.63. The fourth-order valence-corrected chi connectivity index (χ4v) is 2.06. The van der Waals surface area contributed by atoms with Crippen LogP contribution >= 0.6 is 0 Å². The molecule has 0 bridgehead atoms. The number of aromatic nitrogens is 1. The minimum atomic E-state index is -0.507. The first-order chi connectivity index (χ1) is 10.5. The second-order valence-electron chi connectivity index (χ2n) is 4.74. The van der Waals surface area contributed by atoms with Crippen molar-refractivity contribution in [2.75, 3.05) is 12.4 Å². The summed E-state index contributed by atoms with van der Waals surface area (Å²) in [5, 5.41) is 2.69. The maximum atomic E-state index is 13.6. The highest BCUT2D eigenvalue weighted by Crippen LogP contribution is 2.18. The molecule has 0 spiro atoms. The number of halogens is 1. The molecule has 0 saturated carbocycles. The highest BCUT2D eigenvalue weighted by molar-refractivity contribution is 5.92. The molecule has 1 heterocycles. The normalized spacial score (nSPS) is 10.3. The van der Waals surface area contributed by atoms with Crippen LogP contribution in [0.3, 0.4) is 0 Å². The first-order valence-electron chi connectivity index (χ1n) is 6.86. The number of carbonyl (C=O) groups is 1. The van der Waals surface area contributed by atoms with E-state index >= 15 is 0 Å². The molecule has 0 atom stereocenters. The summed E-state index contributed by atoms with van der Waals surface area (Å²) in [6.45, 7) is 2.36. The molecule has 1 aromatic carbocycles. The number of nitrogens with one attached hydrogen (secondary N) is 1. The summed E-state index contributed by atoms with van der Waals surface area (Å²) in [5.41, 5.74) is 0.942. The molecular weight excluding hydrogens is 287 g/mol. The summed E-state index contributed by atoms with van der Waals surface area (Å²) >= 11 is 0. The second-order valence-corrected chi connectivity index (χ2v) is 4.74. The van der Waals surface area contributed by atoms with Crippen molar-refractivity contribution >= 4 is 11.6 Å². The number of aryl methyl sites for hydroxylation is 1. The van der Waals surface area contributed by atoms with Crippen LogP contribution in [0.25, 0.3) is 0 Å². The monoisotopic (exact) mass is 304 g/mol. The molecule has 1 N–H and O–H groups in total. The highest BCUT2D eigenvalue weighted by atomic mass is 19.1. The van der Waals surface area contributed by atoms with E-state index in [0.717, 1.165) is 0 Å². The van der Waals surface area contributed by atoms with Crippen molar-refractivity contribution in [1.29, 1.82) is 0 Å². The number of nitrogens with zero attached hydrogens (tertiary/aromatic N) is 1. The van der Waals surface area contributed by atoms with Gasteiger partial charge < -0.3 is 14.6 Å². The molecule has 2 rings (SSSR count). The molecule has 0 aliphatic rings. The molecule has 22 heavy (non-hydrogen) atoms. The van der Waals surface area contributed by atoms with Crippen LogP contribution in [0.1, 0.15) is 12.5 Å². The Labute approximate surface area is 127 Å². The van der Waals surface area contributed by atoms with Crippen molar-refractivity contribution in [3.05, 3.63) is 58.3 Å². The number of methoxy groups -OCH3 is 1. The third-order valence-corrected chi connectivity index (χ3v) is 3.19. The zero-order chi connectivity index (χ0) is 16.1. The van der Waals surface area contributed by atoms with Crippen LogP contribution in [0.4, 0.5) is 10.1 Å². The Morgan fingerprint density at radius 3 is 2.73 bits per heavy atom. The van der Waals surface area contributed by atoms with E-state index in [4.69, 9.17) is 4.74 Å². The summed E-state index contributed by atoms with van der Waals surface area (Å²) in [5.74, 6) is -0.655. The van der Waals surface area contributed by atoms with Crippen LogP contribution in [0.5, 0.6) is 5.75 Å². The number of benzene rings is 1. The van der Waals surface area contributed by atoms with Gasteiger partial charge in [-0.2, -0.15) is 0 Å². The summed E-state index contributed by atoms with van der Waals surface area (Å²) in [7, 11) is 1.38. The Morgan fingerprint density at radius 1 is 1.32 bits per heavy atom. The lowest BCUT2D eigenvalue weighted by atomic mass is 10.1. The number of amides is 1. The van der Waals surface area contributed by atoms with Gasteiger partial charge in [-0.3, -0.25) is 9.59 Å². The van der Waals surface area contributed by atoms with Gasteiger partial charge in [0.1, 0.15) is 0 Å². The van der Waals surface area contributed by atoms with E-state index in [1.54, 1.807) is 18.3 Å². The quantitative estimate of drug-likeness (QED) is 0.921. The van der Waals surface area contributed by atoms with Gasteiger partial charge in [-0.25, -0.2) is 4.39 Å². The molecule has 1 amide bonds. The van der Waals surface area contributed by atoms with E-state index in [9.17, 15) is 14.0 Å². The fraction of sp³-hybridized carbons (Fsp3) is 0.250. The highest BCUT2D eigenvalue weighted by Gasteiger charge is 2.08. The maximum Gasteiger partial charge on any atom is 0.250 e. The maximum absolute atomic E-state index is 13.6. The Kier molecular flexibility index (Phi) is 4.93. The Morgan fingerprint density at radius 2 is 2.09 bits per heavy atom. The second kappa shape index (κ2) is 6.89. The SMILES string of the molecule is CCn1cc(NC(=O)Cc2ccc(OC)c(F)c2)ccc1=O. The van der Waals surface area contributed by atoms with E-state index in [0.29, 0.717) is 17.8 Å². The number of anilines is 1. The van der Waals surface area contributed by atoms with Crippen LogP contribution < -0.4 is 15.6 Å². The van der Waals surface area contributed by atoms with Crippen LogP contribution in [-0.4, -0.2) is 17.6 Å². The molecular formula is C16H17FN2O3. The van der Waals surface area contributed by atoms with Crippen molar-refractivity contribution in [1.82, 2.24) is 4.57 Å². The number of hydrogen-bond acceptors (Lipinski definition) is 3. The van der Waals surface area contributed by atoms with Gasteiger partial charge in [0.15, 0.2) is 11.6 Å². The number of carbonyl (C=O) groups excluding carboxylic acids is 1. The minimum Gasteiger partial charge on any atom is -0.494 e. The van der Waals surface area contributed by atoms with E-state index in [1.807, 2.05) is 6.92 Å². The lowest BCUT2D eigenvalue weighted by molar-refractivity contribution is -0.115. The Balaban J connectivity index is 2.07. The van der Waals surface area contributed by atoms with Crippen molar-refractivity contribution < 1.29 is 13.9 Å². The van der Waals surface area contributed by atoms with E-state index in [2.05, 4.69) is 5.32 Å². The first kappa shape index (κ1) is 15.8. The molecule has 6 heteroatoms. The van der Waals surface area contributed by atoms with Gasteiger partial charge in [0.05, 0.1) is 19.2 Å². The number of hydrogen-bond donors (Lipinski definition) is 1. The van der Waals surface area contributed by atoms with Gasteiger partial charge in [0, 0.05) is 18.8 Å². The van der Waals surface area contributed by atoms with Gasteiger partial charge in [-0.1, -0.05) is 6.07 Å². The van der Waals surface area contributed by atoms with Crippen LogP contribution in [0.15, 0.2) is 41.3 Å². The summed E-state index contributed by atoms with van der Waals surface area (Å²) < 4.78 is 19.9. The summed E-state index contributed by atoms with van der Waals surface area (Å²) in [6, 6.07) is 7.32. The summed E-state index contributed by atoms with van der Waals surface area (Å²) in [4.78, 5) is 23.5. The number of ether oxygens (including phenoxy) is 1. The molecule has 0 unspecified atom stereocenters. The molecule has 0 radical (unpaired) electrons. The zero-order valence-electron chi connectivity index (χ0n) is 12.4. The molecule has 0 aliphatic carbocycles. The van der Waals surface area contributed by atoms with Crippen molar-refractivity contribution in [2.45, 2.75) is 19.9 Å².